The fourth-order valence-electron chi connectivity index (χ4n) is 5.70. The molecule has 2 amide bonds. The van der Waals surface area contributed by atoms with E-state index in [0.29, 0.717) is 0 Å². The number of nitrogens with zero attached hydrogens (tertiary/aromatic N) is 1. The molecule has 0 spiro atoms. The molecule has 4 aliphatic rings. The summed E-state index contributed by atoms with van der Waals surface area (Å²) in [5.74, 6) is -3.17. The van der Waals surface area contributed by atoms with Gasteiger partial charge in [0.05, 0.1) is 31.7 Å². The zero-order valence-electron chi connectivity index (χ0n) is 16.5. The van der Waals surface area contributed by atoms with Crippen LogP contribution in [0.2, 0.25) is 0 Å². The van der Waals surface area contributed by atoms with Gasteiger partial charge in [-0.05, 0) is 40.5 Å². The van der Waals surface area contributed by atoms with Crippen molar-refractivity contribution in [2.75, 3.05) is 4.90 Å². The van der Waals surface area contributed by atoms with Gasteiger partial charge in [-0.15, -0.1) is 0 Å². The minimum absolute atomic E-state index is 0.0228. The Morgan fingerprint density at radius 2 is 1.19 bits per heavy atom. The molecule has 3 aromatic carbocycles. The Morgan fingerprint density at radius 3 is 1.59 bits per heavy atom. The lowest BCUT2D eigenvalue weighted by Crippen LogP contribution is -2.56. The SMILES string of the molecule is O=C(O)c1cccc(N2C(=O)[C@@H]3[C@H](C2=O)C2(Br)c4ccccc4C3(Br)c3ccccc32)c1. The van der Waals surface area contributed by atoms with Crippen molar-refractivity contribution in [3.05, 3.63) is 101 Å². The Hall–Kier alpha value is -2.77. The van der Waals surface area contributed by atoms with E-state index in [4.69, 9.17) is 0 Å². The van der Waals surface area contributed by atoms with Crippen LogP contribution >= 0.6 is 31.9 Å². The Balaban J connectivity index is 1.63. The number of hydrogen-bond acceptors (Lipinski definition) is 3. The second-order valence-corrected chi connectivity index (χ2v) is 10.8. The number of carboxylic acids is 1. The molecule has 1 fully saturated rings. The van der Waals surface area contributed by atoms with E-state index in [2.05, 4.69) is 31.9 Å². The smallest absolute Gasteiger partial charge is 0.335 e. The summed E-state index contributed by atoms with van der Waals surface area (Å²) in [7, 11) is 0. The lowest BCUT2D eigenvalue weighted by atomic mass is 9.54. The van der Waals surface area contributed by atoms with E-state index < -0.39 is 26.5 Å². The van der Waals surface area contributed by atoms with Gasteiger partial charge in [0.15, 0.2) is 0 Å². The van der Waals surface area contributed by atoms with Gasteiger partial charge in [-0.1, -0.05) is 86.5 Å². The largest absolute Gasteiger partial charge is 0.478 e. The molecule has 7 heteroatoms. The van der Waals surface area contributed by atoms with Gasteiger partial charge in [0.25, 0.3) is 0 Å². The maximum absolute atomic E-state index is 13.9. The van der Waals surface area contributed by atoms with Crippen molar-refractivity contribution >= 4 is 55.3 Å². The Bertz CT molecular complexity index is 1250. The maximum Gasteiger partial charge on any atom is 0.335 e. The van der Waals surface area contributed by atoms with Crippen molar-refractivity contribution in [1.82, 2.24) is 0 Å². The summed E-state index contributed by atoms with van der Waals surface area (Å²) in [6.45, 7) is 0. The molecular weight excluding hydrogens is 538 g/mol. The van der Waals surface area contributed by atoms with Gasteiger partial charge in [-0.25, -0.2) is 9.69 Å². The fourth-order valence-corrected chi connectivity index (χ4v) is 8.00. The standard InChI is InChI=1S/C25H15Br2NO4/c26-24-15-8-1-2-9-16(15)25(27,18-11-4-3-10-17(18)24)20-19(24)21(29)28(22(20)30)14-7-5-6-13(12-14)23(31)32/h1-12,19-20H,(H,31,32)/t19-,20+,24?,25?. The molecule has 0 aromatic heterocycles. The molecule has 1 saturated heterocycles. The van der Waals surface area contributed by atoms with Gasteiger partial charge in [-0.3, -0.25) is 9.59 Å². The van der Waals surface area contributed by atoms with E-state index in [1.54, 1.807) is 12.1 Å². The molecule has 0 saturated carbocycles. The molecular formula is C25H15Br2NO4. The summed E-state index contributed by atoms with van der Waals surface area (Å²) >= 11 is 7.90. The van der Waals surface area contributed by atoms with Crippen LogP contribution in [-0.2, 0) is 18.2 Å². The summed E-state index contributed by atoms with van der Waals surface area (Å²) in [6.07, 6.45) is 0. The first kappa shape index (κ1) is 19.9. The molecule has 1 heterocycles. The fraction of sp³-hybridized carbons (Fsp3) is 0.160. The van der Waals surface area contributed by atoms with Crippen LogP contribution in [0.4, 0.5) is 5.69 Å². The van der Waals surface area contributed by atoms with Crippen LogP contribution in [0, 0.1) is 11.8 Å². The predicted octanol–water partition coefficient (Wildman–Crippen LogP) is 4.79. The van der Waals surface area contributed by atoms with E-state index in [9.17, 15) is 19.5 Å². The molecule has 1 aliphatic heterocycles. The van der Waals surface area contributed by atoms with Gasteiger partial charge in [0, 0.05) is 0 Å². The molecule has 1 N–H and O–H groups in total. The van der Waals surface area contributed by atoms with Crippen molar-refractivity contribution in [3.63, 3.8) is 0 Å². The zero-order chi connectivity index (χ0) is 22.4. The van der Waals surface area contributed by atoms with Crippen LogP contribution < -0.4 is 4.90 Å². The number of halogens is 2. The van der Waals surface area contributed by atoms with Crippen LogP contribution in [0.3, 0.4) is 0 Å². The number of imide groups is 1. The van der Waals surface area contributed by atoms with E-state index in [1.807, 2.05) is 48.5 Å². The number of alkyl halides is 2. The topological polar surface area (TPSA) is 74.7 Å². The molecule has 0 unspecified atom stereocenters. The summed E-state index contributed by atoms with van der Waals surface area (Å²) in [4.78, 5) is 40.4. The summed E-state index contributed by atoms with van der Waals surface area (Å²) in [6, 6.07) is 21.7. The second kappa shape index (κ2) is 6.39. The van der Waals surface area contributed by atoms with Crippen molar-refractivity contribution in [2.45, 2.75) is 8.65 Å². The summed E-state index contributed by atoms with van der Waals surface area (Å²) < 4.78 is -1.74. The lowest BCUT2D eigenvalue weighted by Gasteiger charge is -2.55. The number of carbonyl (C=O) groups is 3. The summed E-state index contributed by atoms with van der Waals surface area (Å²) in [5.41, 5.74) is 4.13. The number of carbonyl (C=O) groups excluding carboxylic acids is 2. The average molecular weight is 553 g/mol. The van der Waals surface area contributed by atoms with Gasteiger partial charge in [0.1, 0.15) is 0 Å². The van der Waals surface area contributed by atoms with Gasteiger partial charge in [0.2, 0.25) is 11.8 Å². The molecule has 0 radical (unpaired) electrons. The maximum atomic E-state index is 13.9. The number of hydrogen-bond donors (Lipinski definition) is 1. The zero-order valence-corrected chi connectivity index (χ0v) is 19.6. The number of amides is 2. The minimum atomic E-state index is -1.11. The highest BCUT2D eigenvalue weighted by atomic mass is 79.9. The van der Waals surface area contributed by atoms with Crippen molar-refractivity contribution < 1.29 is 19.5 Å². The van der Waals surface area contributed by atoms with Crippen LogP contribution in [-0.4, -0.2) is 22.9 Å². The van der Waals surface area contributed by atoms with E-state index in [-0.39, 0.29) is 23.1 Å². The van der Waals surface area contributed by atoms with Crippen LogP contribution in [0.5, 0.6) is 0 Å². The molecule has 3 aliphatic carbocycles. The first-order valence-electron chi connectivity index (χ1n) is 10.1. The number of carboxylic acid groups (broad SMARTS) is 1. The third-order valence-electron chi connectivity index (χ3n) is 6.94. The normalized spacial score (nSPS) is 29.5. The summed E-state index contributed by atoms with van der Waals surface area (Å²) in [5, 5.41) is 9.40. The van der Waals surface area contributed by atoms with E-state index in [1.165, 1.54) is 12.1 Å². The van der Waals surface area contributed by atoms with E-state index >= 15 is 0 Å². The minimum Gasteiger partial charge on any atom is -0.478 e. The molecule has 2 atom stereocenters. The quantitative estimate of drug-likeness (QED) is 0.366. The second-order valence-electron chi connectivity index (χ2n) is 8.34. The highest BCUT2D eigenvalue weighted by Crippen LogP contribution is 2.70. The molecule has 158 valence electrons. The Kier molecular flexibility index (Phi) is 3.97. The Labute approximate surface area is 200 Å². The third-order valence-corrected chi connectivity index (χ3v) is 9.63. The first-order chi connectivity index (χ1) is 15.3. The van der Waals surface area contributed by atoms with Crippen LogP contribution in [0.1, 0.15) is 32.6 Å². The van der Waals surface area contributed by atoms with Crippen molar-refractivity contribution in [1.29, 1.82) is 0 Å². The molecule has 5 nitrogen and oxygen atoms in total. The lowest BCUT2D eigenvalue weighted by molar-refractivity contribution is -0.122. The Morgan fingerprint density at radius 1 is 0.750 bits per heavy atom. The monoisotopic (exact) mass is 551 g/mol. The van der Waals surface area contributed by atoms with Crippen LogP contribution in [0.15, 0.2) is 72.8 Å². The average Bonchev–Trinajstić information content (AvgIpc) is 3.08. The first-order valence-corrected chi connectivity index (χ1v) is 11.7. The van der Waals surface area contributed by atoms with Gasteiger partial charge >= 0.3 is 5.97 Å². The number of anilines is 1. The highest BCUT2D eigenvalue weighted by Gasteiger charge is 2.72. The third kappa shape index (κ3) is 2.16. The molecule has 2 bridgehead atoms. The molecule has 32 heavy (non-hydrogen) atoms. The van der Waals surface area contributed by atoms with Crippen LogP contribution in [0.25, 0.3) is 0 Å². The molecule has 3 aromatic rings. The molecule has 7 rings (SSSR count). The number of benzene rings is 3. The number of rotatable bonds is 2. The van der Waals surface area contributed by atoms with Crippen molar-refractivity contribution in [3.8, 4) is 0 Å². The van der Waals surface area contributed by atoms with Crippen molar-refractivity contribution in [2.24, 2.45) is 11.8 Å². The highest BCUT2D eigenvalue weighted by molar-refractivity contribution is 9.10. The van der Waals surface area contributed by atoms with Gasteiger partial charge in [-0.2, -0.15) is 0 Å². The van der Waals surface area contributed by atoms with E-state index in [0.717, 1.165) is 27.2 Å². The van der Waals surface area contributed by atoms with Gasteiger partial charge < -0.3 is 5.11 Å². The number of aromatic carboxylic acids is 1. The predicted molar refractivity (Wildman–Crippen MR) is 125 cm³/mol.